The molecule has 1 unspecified atom stereocenters. The number of aryl methyl sites for hydroxylation is 1. The number of anilines is 1. The van der Waals surface area contributed by atoms with Crippen molar-refractivity contribution in [3.63, 3.8) is 0 Å². The maximum Gasteiger partial charge on any atom is 0.120 e. The standard InChI is InChI=1S/C19H27NO/c1-12-3-4-17(8-18(12)21)20-13(2)19-9-14-5-15(10-19)7-16(6-14)11-19/h3-4,8,13-16,20-21H,5-7,9-11H2,1-2H3. The molecule has 21 heavy (non-hydrogen) atoms. The summed E-state index contributed by atoms with van der Waals surface area (Å²) in [4.78, 5) is 0. The normalized spacial score (nSPS) is 38.5. The summed E-state index contributed by atoms with van der Waals surface area (Å²) in [5.74, 6) is 3.38. The second-order valence-electron chi connectivity index (χ2n) is 8.15. The molecule has 4 aliphatic carbocycles. The lowest BCUT2D eigenvalue weighted by molar-refractivity contribution is -0.0602. The SMILES string of the molecule is Cc1ccc(NC(C)C23CC4CC(CC(C4)C2)C3)cc1O. The maximum absolute atomic E-state index is 9.91. The molecule has 2 nitrogen and oxygen atoms in total. The predicted molar refractivity (Wildman–Crippen MR) is 86.5 cm³/mol. The van der Waals surface area contributed by atoms with Gasteiger partial charge in [-0.25, -0.2) is 0 Å². The van der Waals surface area contributed by atoms with Gasteiger partial charge in [0.1, 0.15) is 5.75 Å². The molecule has 0 radical (unpaired) electrons. The molecule has 4 bridgehead atoms. The van der Waals surface area contributed by atoms with E-state index in [0.717, 1.165) is 29.0 Å². The van der Waals surface area contributed by atoms with Crippen molar-refractivity contribution in [2.24, 2.45) is 23.2 Å². The molecular weight excluding hydrogens is 258 g/mol. The van der Waals surface area contributed by atoms with Crippen molar-refractivity contribution in [3.05, 3.63) is 23.8 Å². The number of aromatic hydroxyl groups is 1. The summed E-state index contributed by atoms with van der Waals surface area (Å²) in [6.07, 6.45) is 8.76. The van der Waals surface area contributed by atoms with Crippen molar-refractivity contribution in [2.45, 2.75) is 58.4 Å². The number of rotatable bonds is 3. The van der Waals surface area contributed by atoms with Gasteiger partial charge in [-0.1, -0.05) is 6.07 Å². The quantitative estimate of drug-likeness (QED) is 0.842. The van der Waals surface area contributed by atoms with Crippen LogP contribution in [0.4, 0.5) is 5.69 Å². The van der Waals surface area contributed by atoms with Crippen LogP contribution >= 0.6 is 0 Å². The average Bonchev–Trinajstić information content (AvgIpc) is 2.41. The number of phenols is 1. The molecule has 1 atom stereocenters. The summed E-state index contributed by atoms with van der Waals surface area (Å²) in [6, 6.07) is 6.50. The van der Waals surface area contributed by atoms with Gasteiger partial charge in [-0.3, -0.25) is 0 Å². The lowest BCUT2D eigenvalue weighted by Crippen LogP contribution is -2.52. The lowest BCUT2D eigenvalue weighted by Gasteiger charge is -2.59. The van der Waals surface area contributed by atoms with Gasteiger partial charge < -0.3 is 10.4 Å². The summed E-state index contributed by atoms with van der Waals surface area (Å²) in [6.45, 7) is 4.31. The molecule has 0 amide bonds. The summed E-state index contributed by atoms with van der Waals surface area (Å²) < 4.78 is 0. The highest BCUT2D eigenvalue weighted by atomic mass is 16.3. The fraction of sp³-hybridized carbons (Fsp3) is 0.684. The fourth-order valence-corrected chi connectivity index (χ4v) is 5.81. The summed E-state index contributed by atoms with van der Waals surface area (Å²) in [7, 11) is 0. The predicted octanol–water partition coefficient (Wildman–Crippen LogP) is 4.72. The van der Waals surface area contributed by atoms with Crippen LogP contribution in [0.25, 0.3) is 0 Å². The molecule has 0 spiro atoms. The first-order valence-electron chi connectivity index (χ1n) is 8.60. The van der Waals surface area contributed by atoms with Crippen LogP contribution in [0.1, 0.15) is 51.0 Å². The van der Waals surface area contributed by atoms with Gasteiger partial charge in [-0.05, 0) is 87.2 Å². The zero-order valence-electron chi connectivity index (χ0n) is 13.2. The monoisotopic (exact) mass is 285 g/mol. The Kier molecular flexibility index (Phi) is 2.99. The number of hydrogen-bond donors (Lipinski definition) is 2. The van der Waals surface area contributed by atoms with Crippen LogP contribution < -0.4 is 5.32 Å². The van der Waals surface area contributed by atoms with E-state index in [1.54, 1.807) is 0 Å². The summed E-state index contributed by atoms with van der Waals surface area (Å²) in [5, 5.41) is 13.6. The fourth-order valence-electron chi connectivity index (χ4n) is 5.81. The van der Waals surface area contributed by atoms with Gasteiger partial charge in [0.2, 0.25) is 0 Å². The van der Waals surface area contributed by atoms with Crippen LogP contribution in [-0.4, -0.2) is 11.1 Å². The Morgan fingerprint density at radius 2 is 1.67 bits per heavy atom. The highest BCUT2D eigenvalue weighted by Gasteiger charge is 2.53. The van der Waals surface area contributed by atoms with Crippen LogP contribution in [0, 0.1) is 30.1 Å². The molecule has 0 aromatic heterocycles. The van der Waals surface area contributed by atoms with Crippen LogP contribution in [-0.2, 0) is 0 Å². The Morgan fingerprint density at radius 1 is 1.10 bits per heavy atom. The molecule has 1 aromatic carbocycles. The van der Waals surface area contributed by atoms with Crippen molar-refractivity contribution >= 4 is 5.69 Å². The third-order valence-electron chi connectivity index (χ3n) is 6.60. The Hall–Kier alpha value is -1.18. The molecule has 0 saturated heterocycles. The Labute approximate surface area is 128 Å². The van der Waals surface area contributed by atoms with E-state index in [1.165, 1.54) is 38.5 Å². The van der Waals surface area contributed by atoms with Gasteiger partial charge in [0.15, 0.2) is 0 Å². The van der Waals surface area contributed by atoms with Crippen LogP contribution in [0.15, 0.2) is 18.2 Å². The van der Waals surface area contributed by atoms with Gasteiger partial charge in [-0.2, -0.15) is 0 Å². The van der Waals surface area contributed by atoms with E-state index in [0.29, 0.717) is 17.2 Å². The van der Waals surface area contributed by atoms with E-state index in [-0.39, 0.29) is 0 Å². The van der Waals surface area contributed by atoms with E-state index in [1.807, 2.05) is 19.1 Å². The molecule has 4 fully saturated rings. The Morgan fingerprint density at radius 3 is 2.19 bits per heavy atom. The van der Waals surface area contributed by atoms with Crippen molar-refractivity contribution in [1.29, 1.82) is 0 Å². The van der Waals surface area contributed by atoms with Crippen molar-refractivity contribution in [2.75, 3.05) is 5.32 Å². The minimum atomic E-state index is 0.401. The second-order valence-corrected chi connectivity index (χ2v) is 8.15. The maximum atomic E-state index is 9.91. The van der Waals surface area contributed by atoms with Crippen LogP contribution in [0.5, 0.6) is 5.75 Å². The van der Waals surface area contributed by atoms with E-state index in [2.05, 4.69) is 18.3 Å². The lowest BCUT2D eigenvalue weighted by atomic mass is 9.48. The molecule has 0 heterocycles. The number of benzene rings is 1. The number of hydrogen-bond acceptors (Lipinski definition) is 2. The summed E-state index contributed by atoms with van der Waals surface area (Å²) >= 11 is 0. The van der Waals surface area contributed by atoms with Gasteiger partial charge >= 0.3 is 0 Å². The van der Waals surface area contributed by atoms with Crippen LogP contribution in [0.2, 0.25) is 0 Å². The smallest absolute Gasteiger partial charge is 0.120 e. The molecule has 4 aliphatic rings. The molecule has 4 saturated carbocycles. The van der Waals surface area contributed by atoms with Crippen LogP contribution in [0.3, 0.4) is 0 Å². The first-order chi connectivity index (χ1) is 10.0. The minimum absolute atomic E-state index is 0.401. The highest BCUT2D eigenvalue weighted by Crippen LogP contribution is 2.61. The topological polar surface area (TPSA) is 32.3 Å². The first-order valence-corrected chi connectivity index (χ1v) is 8.60. The third kappa shape index (κ3) is 2.23. The third-order valence-corrected chi connectivity index (χ3v) is 6.60. The number of phenolic OH excluding ortho intramolecular Hbond substituents is 1. The van der Waals surface area contributed by atoms with Gasteiger partial charge in [-0.15, -0.1) is 0 Å². The van der Waals surface area contributed by atoms with E-state index < -0.39 is 0 Å². The average molecular weight is 285 g/mol. The first kappa shape index (κ1) is 13.5. The molecule has 2 N–H and O–H groups in total. The molecule has 1 aromatic rings. The largest absolute Gasteiger partial charge is 0.508 e. The van der Waals surface area contributed by atoms with Gasteiger partial charge in [0.25, 0.3) is 0 Å². The van der Waals surface area contributed by atoms with Gasteiger partial charge in [0.05, 0.1) is 0 Å². The Bertz CT molecular complexity index is 515. The zero-order chi connectivity index (χ0) is 14.6. The Balaban J connectivity index is 1.54. The molecular formula is C19H27NO. The molecule has 2 heteroatoms. The van der Waals surface area contributed by atoms with Gasteiger partial charge in [0, 0.05) is 17.8 Å². The number of nitrogens with one attached hydrogen (secondary N) is 1. The zero-order valence-corrected chi connectivity index (χ0v) is 13.2. The van der Waals surface area contributed by atoms with E-state index in [4.69, 9.17) is 0 Å². The summed E-state index contributed by atoms with van der Waals surface area (Å²) in [5.41, 5.74) is 2.53. The second kappa shape index (κ2) is 4.66. The van der Waals surface area contributed by atoms with E-state index in [9.17, 15) is 5.11 Å². The van der Waals surface area contributed by atoms with Crippen molar-refractivity contribution in [3.8, 4) is 5.75 Å². The van der Waals surface area contributed by atoms with Crippen molar-refractivity contribution < 1.29 is 5.11 Å². The van der Waals surface area contributed by atoms with Crippen molar-refractivity contribution in [1.82, 2.24) is 0 Å². The highest BCUT2D eigenvalue weighted by molar-refractivity contribution is 5.51. The minimum Gasteiger partial charge on any atom is -0.508 e. The molecule has 114 valence electrons. The van der Waals surface area contributed by atoms with E-state index >= 15 is 0 Å². The molecule has 5 rings (SSSR count). The molecule has 0 aliphatic heterocycles.